The van der Waals surface area contributed by atoms with Crippen LogP contribution in [0.2, 0.25) is 0 Å². The number of para-hydroxylation sites is 1. The largest absolute Gasteiger partial charge is 0.308 e. The molecule has 0 aliphatic heterocycles. The summed E-state index contributed by atoms with van der Waals surface area (Å²) in [6, 6.07) is 8.57. The highest BCUT2D eigenvalue weighted by molar-refractivity contribution is 7.18. The number of rotatable bonds is 5. The SMILES string of the molecule is CC(NCCc1cnn(C)c1)c1nc2ccccc2s1. The van der Waals surface area contributed by atoms with Gasteiger partial charge in [-0.1, -0.05) is 12.1 Å². The van der Waals surface area contributed by atoms with E-state index in [1.165, 1.54) is 10.3 Å². The Morgan fingerprint density at radius 2 is 2.20 bits per heavy atom. The van der Waals surface area contributed by atoms with Crippen molar-refractivity contribution in [3.8, 4) is 0 Å². The van der Waals surface area contributed by atoms with Gasteiger partial charge in [-0.15, -0.1) is 11.3 Å². The highest BCUT2D eigenvalue weighted by Gasteiger charge is 2.10. The third-order valence-corrected chi connectivity index (χ3v) is 4.52. The van der Waals surface area contributed by atoms with Crippen LogP contribution in [0.3, 0.4) is 0 Å². The van der Waals surface area contributed by atoms with Crippen molar-refractivity contribution in [3.63, 3.8) is 0 Å². The predicted octanol–water partition coefficient (Wildman–Crippen LogP) is 2.92. The number of hydrogen-bond donors (Lipinski definition) is 1. The maximum atomic E-state index is 4.68. The quantitative estimate of drug-likeness (QED) is 0.784. The van der Waals surface area contributed by atoms with Gasteiger partial charge in [0.15, 0.2) is 0 Å². The summed E-state index contributed by atoms with van der Waals surface area (Å²) in [6.07, 6.45) is 4.97. The lowest BCUT2D eigenvalue weighted by Crippen LogP contribution is -2.21. The van der Waals surface area contributed by atoms with Crippen LogP contribution in [-0.2, 0) is 13.5 Å². The van der Waals surface area contributed by atoms with Crippen molar-refractivity contribution >= 4 is 21.6 Å². The van der Waals surface area contributed by atoms with Crippen LogP contribution in [0.4, 0.5) is 0 Å². The molecule has 5 heteroatoms. The van der Waals surface area contributed by atoms with E-state index in [0.717, 1.165) is 23.5 Å². The van der Waals surface area contributed by atoms with Gasteiger partial charge >= 0.3 is 0 Å². The third kappa shape index (κ3) is 2.89. The number of aromatic nitrogens is 3. The van der Waals surface area contributed by atoms with Gasteiger partial charge in [0.25, 0.3) is 0 Å². The summed E-state index contributed by atoms with van der Waals surface area (Å²) < 4.78 is 3.09. The molecule has 0 fully saturated rings. The topological polar surface area (TPSA) is 42.7 Å². The van der Waals surface area contributed by atoms with Gasteiger partial charge in [0.1, 0.15) is 5.01 Å². The van der Waals surface area contributed by atoms with E-state index in [2.05, 4.69) is 46.7 Å². The number of thiazole rings is 1. The van der Waals surface area contributed by atoms with Crippen molar-refractivity contribution in [2.75, 3.05) is 6.54 Å². The van der Waals surface area contributed by atoms with Crippen molar-refractivity contribution in [2.45, 2.75) is 19.4 Å². The summed E-state index contributed by atoms with van der Waals surface area (Å²) in [5.74, 6) is 0. The first-order valence-corrected chi connectivity index (χ1v) is 7.60. The van der Waals surface area contributed by atoms with Crippen molar-refractivity contribution < 1.29 is 0 Å². The Kier molecular flexibility index (Phi) is 3.80. The Hall–Kier alpha value is -1.72. The number of nitrogens with zero attached hydrogens (tertiary/aromatic N) is 3. The third-order valence-electron chi connectivity index (χ3n) is 3.30. The molecule has 3 aromatic rings. The molecule has 0 spiro atoms. The molecule has 1 N–H and O–H groups in total. The zero-order chi connectivity index (χ0) is 13.9. The molecule has 4 nitrogen and oxygen atoms in total. The first-order valence-electron chi connectivity index (χ1n) is 6.79. The first kappa shape index (κ1) is 13.3. The molecule has 0 amide bonds. The Morgan fingerprint density at radius 1 is 1.35 bits per heavy atom. The molecule has 2 aromatic heterocycles. The molecule has 1 atom stereocenters. The monoisotopic (exact) mass is 286 g/mol. The van der Waals surface area contributed by atoms with E-state index in [4.69, 9.17) is 0 Å². The van der Waals surface area contributed by atoms with Crippen molar-refractivity contribution in [2.24, 2.45) is 7.05 Å². The van der Waals surface area contributed by atoms with Crippen molar-refractivity contribution in [3.05, 3.63) is 47.2 Å². The fourth-order valence-electron chi connectivity index (χ4n) is 2.20. The summed E-state index contributed by atoms with van der Waals surface area (Å²) in [5.41, 5.74) is 2.35. The molecule has 0 saturated heterocycles. The van der Waals surface area contributed by atoms with Gasteiger partial charge in [0.05, 0.1) is 22.5 Å². The van der Waals surface area contributed by atoms with Crippen LogP contribution < -0.4 is 5.32 Å². The molecule has 20 heavy (non-hydrogen) atoms. The lowest BCUT2D eigenvalue weighted by Gasteiger charge is -2.09. The zero-order valence-corrected chi connectivity index (χ0v) is 12.5. The second kappa shape index (κ2) is 5.73. The summed E-state index contributed by atoms with van der Waals surface area (Å²) in [6.45, 7) is 3.10. The second-order valence-electron chi connectivity index (χ2n) is 4.97. The van der Waals surface area contributed by atoms with E-state index in [1.54, 1.807) is 11.3 Å². The fraction of sp³-hybridized carbons (Fsp3) is 0.333. The average molecular weight is 286 g/mol. The van der Waals surface area contributed by atoms with Gasteiger partial charge in [-0.25, -0.2) is 4.98 Å². The standard InChI is InChI=1S/C15H18N4S/c1-11(16-8-7-12-9-17-19(2)10-12)15-18-13-5-3-4-6-14(13)20-15/h3-6,9-11,16H,7-8H2,1-2H3. The molecule has 2 heterocycles. The molecule has 0 radical (unpaired) electrons. The van der Waals surface area contributed by atoms with Crippen LogP contribution in [0.5, 0.6) is 0 Å². The lowest BCUT2D eigenvalue weighted by atomic mass is 10.2. The number of nitrogens with one attached hydrogen (secondary N) is 1. The van der Waals surface area contributed by atoms with Gasteiger partial charge in [0.2, 0.25) is 0 Å². The fourth-order valence-corrected chi connectivity index (χ4v) is 3.19. The zero-order valence-electron chi connectivity index (χ0n) is 11.7. The van der Waals surface area contributed by atoms with E-state index in [0.29, 0.717) is 0 Å². The van der Waals surface area contributed by atoms with E-state index in [-0.39, 0.29) is 6.04 Å². The van der Waals surface area contributed by atoms with E-state index in [1.807, 2.05) is 24.0 Å². The minimum atomic E-state index is 0.282. The van der Waals surface area contributed by atoms with Crippen LogP contribution in [0.15, 0.2) is 36.7 Å². The average Bonchev–Trinajstić information content (AvgIpc) is 3.04. The second-order valence-corrected chi connectivity index (χ2v) is 6.03. The number of fused-ring (bicyclic) bond motifs is 1. The molecule has 1 aromatic carbocycles. The maximum Gasteiger partial charge on any atom is 0.111 e. The molecule has 1 unspecified atom stereocenters. The smallest absolute Gasteiger partial charge is 0.111 e. The van der Waals surface area contributed by atoms with Crippen molar-refractivity contribution in [1.82, 2.24) is 20.1 Å². The van der Waals surface area contributed by atoms with Crippen molar-refractivity contribution in [1.29, 1.82) is 0 Å². The Balaban J connectivity index is 1.59. The number of aryl methyl sites for hydroxylation is 1. The molecular formula is C15H18N4S. The Morgan fingerprint density at radius 3 is 2.95 bits per heavy atom. The van der Waals surface area contributed by atoms with Crippen LogP contribution in [0.1, 0.15) is 23.5 Å². The summed E-state index contributed by atoms with van der Waals surface area (Å²) in [4.78, 5) is 4.68. The van der Waals surface area contributed by atoms with Gasteiger partial charge < -0.3 is 5.32 Å². The van der Waals surface area contributed by atoms with E-state index in [9.17, 15) is 0 Å². The van der Waals surface area contributed by atoms with Crippen LogP contribution >= 0.6 is 11.3 Å². The molecule has 3 rings (SSSR count). The van der Waals surface area contributed by atoms with Crippen LogP contribution in [0, 0.1) is 0 Å². The minimum absolute atomic E-state index is 0.282. The number of benzene rings is 1. The maximum absolute atomic E-state index is 4.68. The summed E-state index contributed by atoms with van der Waals surface area (Å²) in [7, 11) is 1.95. The van der Waals surface area contributed by atoms with E-state index < -0.39 is 0 Å². The summed E-state index contributed by atoms with van der Waals surface area (Å²) >= 11 is 1.77. The first-order chi connectivity index (χ1) is 9.72. The highest BCUT2D eigenvalue weighted by atomic mass is 32.1. The molecule has 104 valence electrons. The molecular weight excluding hydrogens is 268 g/mol. The summed E-state index contributed by atoms with van der Waals surface area (Å²) in [5, 5.41) is 8.86. The van der Waals surface area contributed by atoms with Crippen LogP contribution in [0.25, 0.3) is 10.2 Å². The van der Waals surface area contributed by atoms with Gasteiger partial charge in [-0.05, 0) is 37.6 Å². The predicted molar refractivity (Wildman–Crippen MR) is 82.9 cm³/mol. The van der Waals surface area contributed by atoms with Gasteiger partial charge in [-0.3, -0.25) is 4.68 Å². The highest BCUT2D eigenvalue weighted by Crippen LogP contribution is 2.25. The molecule has 0 aliphatic carbocycles. The lowest BCUT2D eigenvalue weighted by molar-refractivity contribution is 0.575. The molecule has 0 saturated carbocycles. The van der Waals surface area contributed by atoms with Gasteiger partial charge in [0, 0.05) is 13.2 Å². The molecule has 0 aliphatic rings. The Bertz CT molecular complexity index is 668. The Labute approximate surface area is 122 Å². The molecule has 0 bridgehead atoms. The van der Waals surface area contributed by atoms with Gasteiger partial charge in [-0.2, -0.15) is 5.10 Å². The normalized spacial score (nSPS) is 12.9. The van der Waals surface area contributed by atoms with Crippen LogP contribution in [-0.4, -0.2) is 21.3 Å². The van der Waals surface area contributed by atoms with E-state index >= 15 is 0 Å². The minimum Gasteiger partial charge on any atom is -0.308 e. The number of hydrogen-bond acceptors (Lipinski definition) is 4.